The van der Waals surface area contributed by atoms with Gasteiger partial charge < -0.3 is 20.9 Å². The fourth-order valence-corrected chi connectivity index (χ4v) is 2.59. The van der Waals surface area contributed by atoms with Crippen molar-refractivity contribution in [2.45, 2.75) is 33.2 Å². The second-order valence-corrected chi connectivity index (χ2v) is 6.53. The molecule has 7 heteroatoms. The monoisotopic (exact) mass is 459 g/mol. The Labute approximate surface area is 167 Å². The van der Waals surface area contributed by atoms with Gasteiger partial charge in [0.05, 0.1) is 0 Å². The number of amides is 2. The second kappa shape index (κ2) is 11.2. The smallest absolute Gasteiger partial charge is 0.321 e. The maximum atomic E-state index is 12.2. The fraction of sp³-hybridized carbons (Fsp3) is 0.556. The summed E-state index contributed by atoms with van der Waals surface area (Å²) in [5, 5.41) is 9.56. The largest absolute Gasteiger partial charge is 0.356 e. The quantitative estimate of drug-likeness (QED) is 0.360. The van der Waals surface area contributed by atoms with Gasteiger partial charge in [0, 0.05) is 38.9 Å². The molecule has 0 unspecified atom stereocenters. The minimum atomic E-state index is -0.00739. The number of halogens is 1. The average molecular weight is 459 g/mol. The zero-order valence-electron chi connectivity index (χ0n) is 15.3. The van der Waals surface area contributed by atoms with Crippen LogP contribution in [-0.2, 0) is 6.54 Å². The molecule has 0 aromatic heterocycles. The van der Waals surface area contributed by atoms with Gasteiger partial charge in [0.25, 0.3) is 0 Å². The molecule has 1 fully saturated rings. The number of aliphatic imine (C=N–C) groups is 1. The van der Waals surface area contributed by atoms with Crippen molar-refractivity contribution in [1.29, 1.82) is 0 Å². The van der Waals surface area contributed by atoms with Crippen LogP contribution in [0.2, 0.25) is 0 Å². The van der Waals surface area contributed by atoms with Gasteiger partial charge in [0.1, 0.15) is 0 Å². The molecular weight excluding hydrogens is 429 g/mol. The number of rotatable bonds is 5. The Morgan fingerprint density at radius 2 is 1.96 bits per heavy atom. The number of hydrogen-bond donors (Lipinski definition) is 3. The highest BCUT2D eigenvalue weighted by molar-refractivity contribution is 14.0. The van der Waals surface area contributed by atoms with Gasteiger partial charge >= 0.3 is 6.03 Å². The minimum absolute atomic E-state index is 0. The molecule has 0 atom stereocenters. The summed E-state index contributed by atoms with van der Waals surface area (Å²) in [6, 6.07) is 7.90. The number of nitrogens with zero attached hydrogens (tertiary/aromatic N) is 2. The molecule has 1 aliphatic heterocycles. The molecule has 0 radical (unpaired) electrons. The van der Waals surface area contributed by atoms with E-state index in [4.69, 9.17) is 0 Å². The van der Waals surface area contributed by atoms with Gasteiger partial charge in [-0.1, -0.05) is 26.0 Å². The highest BCUT2D eigenvalue weighted by Gasteiger charge is 2.17. The molecule has 1 aromatic carbocycles. The molecule has 25 heavy (non-hydrogen) atoms. The van der Waals surface area contributed by atoms with Crippen molar-refractivity contribution >= 4 is 41.7 Å². The van der Waals surface area contributed by atoms with Gasteiger partial charge in [-0.05, 0) is 36.5 Å². The van der Waals surface area contributed by atoms with Crippen molar-refractivity contribution in [1.82, 2.24) is 15.5 Å². The number of guanidine groups is 1. The van der Waals surface area contributed by atoms with E-state index in [1.54, 1.807) is 7.05 Å². The first-order valence-corrected chi connectivity index (χ1v) is 8.68. The number of nitrogens with one attached hydrogen (secondary N) is 3. The highest BCUT2D eigenvalue weighted by atomic mass is 127. The van der Waals surface area contributed by atoms with Crippen molar-refractivity contribution in [3.05, 3.63) is 29.8 Å². The number of likely N-dealkylation sites (tertiary alicyclic amines) is 1. The topological polar surface area (TPSA) is 68.8 Å². The summed E-state index contributed by atoms with van der Waals surface area (Å²) in [5.41, 5.74) is 1.93. The van der Waals surface area contributed by atoms with E-state index in [1.165, 1.54) is 0 Å². The maximum absolute atomic E-state index is 12.2. The molecule has 140 valence electrons. The van der Waals surface area contributed by atoms with Gasteiger partial charge in [-0.3, -0.25) is 4.99 Å². The zero-order chi connectivity index (χ0) is 17.4. The first-order valence-electron chi connectivity index (χ1n) is 8.68. The van der Waals surface area contributed by atoms with Crippen molar-refractivity contribution in [2.75, 3.05) is 32.0 Å². The maximum Gasteiger partial charge on any atom is 0.321 e. The summed E-state index contributed by atoms with van der Waals surface area (Å²) in [6.45, 7) is 7.56. The standard InChI is InChI=1S/C18H29N5O.HI/c1-14(2)12-20-17(19-3)21-13-15-7-6-8-16(11-15)22-18(24)23-9-4-5-10-23;/h6-8,11,14H,4-5,9-10,12-13H2,1-3H3,(H,22,24)(H2,19,20,21);1H. The van der Waals surface area contributed by atoms with E-state index in [-0.39, 0.29) is 30.0 Å². The normalized spacial score (nSPS) is 14.2. The van der Waals surface area contributed by atoms with E-state index in [9.17, 15) is 4.79 Å². The minimum Gasteiger partial charge on any atom is -0.356 e. The van der Waals surface area contributed by atoms with Crippen molar-refractivity contribution in [3.8, 4) is 0 Å². The van der Waals surface area contributed by atoms with Crippen LogP contribution < -0.4 is 16.0 Å². The van der Waals surface area contributed by atoms with Crippen LogP contribution in [0.25, 0.3) is 0 Å². The third kappa shape index (κ3) is 7.50. The SMILES string of the molecule is CN=C(NCc1cccc(NC(=O)N2CCCC2)c1)NCC(C)C.I. The van der Waals surface area contributed by atoms with E-state index in [0.717, 1.165) is 49.7 Å². The molecule has 0 aliphatic carbocycles. The summed E-state index contributed by atoms with van der Waals surface area (Å²) in [6.07, 6.45) is 2.19. The van der Waals surface area contributed by atoms with Gasteiger partial charge in [-0.2, -0.15) is 0 Å². The lowest BCUT2D eigenvalue weighted by Gasteiger charge is -2.17. The number of urea groups is 1. The fourth-order valence-electron chi connectivity index (χ4n) is 2.59. The molecule has 1 heterocycles. The summed E-state index contributed by atoms with van der Waals surface area (Å²) in [5.74, 6) is 1.35. The first-order chi connectivity index (χ1) is 11.6. The lowest BCUT2D eigenvalue weighted by Crippen LogP contribution is -2.38. The van der Waals surface area contributed by atoms with Gasteiger partial charge in [-0.25, -0.2) is 4.79 Å². The van der Waals surface area contributed by atoms with Gasteiger partial charge in [0.15, 0.2) is 5.96 Å². The third-order valence-electron chi connectivity index (χ3n) is 3.93. The Kier molecular flexibility index (Phi) is 9.62. The van der Waals surface area contributed by atoms with E-state index in [1.807, 2.05) is 29.2 Å². The van der Waals surface area contributed by atoms with E-state index in [0.29, 0.717) is 12.5 Å². The van der Waals surface area contributed by atoms with Crippen LogP contribution in [0.3, 0.4) is 0 Å². The molecule has 1 aliphatic rings. The number of carbonyl (C=O) groups is 1. The Morgan fingerprint density at radius 1 is 1.24 bits per heavy atom. The molecular formula is C18H30IN5O. The molecule has 6 nitrogen and oxygen atoms in total. The predicted molar refractivity (Wildman–Crippen MR) is 115 cm³/mol. The Balaban J connectivity index is 0.00000312. The molecule has 0 spiro atoms. The molecule has 3 N–H and O–H groups in total. The third-order valence-corrected chi connectivity index (χ3v) is 3.93. The van der Waals surface area contributed by atoms with Crippen LogP contribution in [0.1, 0.15) is 32.3 Å². The summed E-state index contributed by atoms with van der Waals surface area (Å²) in [7, 11) is 1.77. The lowest BCUT2D eigenvalue weighted by atomic mass is 10.2. The van der Waals surface area contributed by atoms with Crippen LogP contribution in [0, 0.1) is 5.92 Å². The van der Waals surface area contributed by atoms with Gasteiger partial charge in [-0.15, -0.1) is 24.0 Å². The van der Waals surface area contributed by atoms with Crippen LogP contribution in [0.15, 0.2) is 29.3 Å². The molecule has 2 amide bonds. The zero-order valence-corrected chi connectivity index (χ0v) is 17.7. The molecule has 1 saturated heterocycles. The van der Waals surface area contributed by atoms with E-state index < -0.39 is 0 Å². The number of benzene rings is 1. The van der Waals surface area contributed by atoms with Crippen LogP contribution >= 0.6 is 24.0 Å². The Bertz CT molecular complexity index is 570. The lowest BCUT2D eigenvalue weighted by molar-refractivity contribution is 0.222. The summed E-state index contributed by atoms with van der Waals surface area (Å²) < 4.78 is 0. The highest BCUT2D eigenvalue weighted by Crippen LogP contribution is 2.14. The van der Waals surface area contributed by atoms with Crippen LogP contribution in [-0.4, -0.2) is 43.6 Å². The summed E-state index contributed by atoms with van der Waals surface area (Å²) in [4.78, 5) is 18.2. The van der Waals surface area contributed by atoms with Crippen molar-refractivity contribution in [2.24, 2.45) is 10.9 Å². The number of carbonyl (C=O) groups excluding carboxylic acids is 1. The first kappa shape index (κ1) is 21.5. The molecule has 0 bridgehead atoms. The summed E-state index contributed by atoms with van der Waals surface area (Å²) >= 11 is 0. The van der Waals surface area contributed by atoms with E-state index in [2.05, 4.69) is 34.8 Å². The second-order valence-electron chi connectivity index (χ2n) is 6.53. The van der Waals surface area contributed by atoms with Crippen molar-refractivity contribution in [3.63, 3.8) is 0 Å². The van der Waals surface area contributed by atoms with Crippen LogP contribution in [0.4, 0.5) is 10.5 Å². The number of anilines is 1. The molecule has 1 aromatic rings. The van der Waals surface area contributed by atoms with Crippen molar-refractivity contribution < 1.29 is 4.79 Å². The molecule has 2 rings (SSSR count). The molecule has 0 saturated carbocycles. The number of hydrogen-bond acceptors (Lipinski definition) is 2. The van der Waals surface area contributed by atoms with Crippen LogP contribution in [0.5, 0.6) is 0 Å². The average Bonchev–Trinajstić information content (AvgIpc) is 3.10. The van der Waals surface area contributed by atoms with E-state index >= 15 is 0 Å². The Hall–Kier alpha value is -1.51. The van der Waals surface area contributed by atoms with Gasteiger partial charge in [0.2, 0.25) is 0 Å². The Morgan fingerprint density at radius 3 is 2.60 bits per heavy atom. The predicted octanol–water partition coefficient (Wildman–Crippen LogP) is 3.25.